The zero-order valence-electron chi connectivity index (χ0n) is 20.1. The van der Waals surface area contributed by atoms with Crippen molar-refractivity contribution in [3.8, 4) is 22.8 Å². The van der Waals surface area contributed by atoms with Crippen LogP contribution in [-0.4, -0.2) is 38.1 Å². The van der Waals surface area contributed by atoms with Gasteiger partial charge in [-0.05, 0) is 55.8 Å². The minimum Gasteiger partial charge on any atom is -0.427 e. The Balaban J connectivity index is 1.46. The fourth-order valence-corrected chi connectivity index (χ4v) is 4.11. The molecule has 0 atom stereocenters. The Bertz CT molecular complexity index is 1380. The molecule has 1 amide bonds. The minimum absolute atomic E-state index is 0.112. The van der Waals surface area contributed by atoms with Crippen LogP contribution in [0.15, 0.2) is 89.1 Å². The lowest BCUT2D eigenvalue weighted by Crippen LogP contribution is -2.21. The van der Waals surface area contributed by atoms with E-state index in [1.165, 1.54) is 18.7 Å². The minimum atomic E-state index is -0.382. The van der Waals surface area contributed by atoms with Gasteiger partial charge < -0.3 is 4.74 Å². The second kappa shape index (κ2) is 11.5. The van der Waals surface area contributed by atoms with E-state index in [0.29, 0.717) is 22.4 Å². The van der Waals surface area contributed by atoms with Crippen LogP contribution in [0.5, 0.6) is 5.75 Å². The van der Waals surface area contributed by atoms with Crippen molar-refractivity contribution in [3.63, 3.8) is 0 Å². The molecular formula is C27H25N5O3S. The fraction of sp³-hybridized carbons (Fsp3) is 0.148. The van der Waals surface area contributed by atoms with Gasteiger partial charge in [0.1, 0.15) is 5.75 Å². The Morgan fingerprint density at radius 3 is 2.31 bits per heavy atom. The standard InChI is InChI=1S/C27H25N5O3S/c1-18-9-13-23(14-10-18)32-26(22-7-5-4-6-8-22)30-31-27(32)36-17-25(34)29-28-19(2)21-11-15-24(16-12-21)35-20(3)33/h4-16H,17H2,1-3H3,(H,29,34). The van der Waals surface area contributed by atoms with Crippen molar-refractivity contribution in [2.45, 2.75) is 25.9 Å². The van der Waals surface area contributed by atoms with Crippen molar-refractivity contribution in [3.05, 3.63) is 90.0 Å². The third-order valence-corrected chi connectivity index (χ3v) is 6.10. The maximum atomic E-state index is 12.5. The van der Waals surface area contributed by atoms with Gasteiger partial charge in [0, 0.05) is 18.2 Å². The molecule has 0 saturated carbocycles. The number of aromatic nitrogens is 3. The summed E-state index contributed by atoms with van der Waals surface area (Å²) in [5, 5.41) is 13.6. The van der Waals surface area contributed by atoms with E-state index in [4.69, 9.17) is 4.74 Å². The average Bonchev–Trinajstić information content (AvgIpc) is 3.31. The lowest BCUT2D eigenvalue weighted by atomic mass is 10.1. The Kier molecular flexibility index (Phi) is 7.92. The maximum absolute atomic E-state index is 12.5. The molecule has 0 bridgehead atoms. The van der Waals surface area contributed by atoms with E-state index in [-0.39, 0.29) is 17.6 Å². The summed E-state index contributed by atoms with van der Waals surface area (Å²) in [6.07, 6.45) is 0. The van der Waals surface area contributed by atoms with Crippen LogP contribution in [0.1, 0.15) is 25.0 Å². The van der Waals surface area contributed by atoms with E-state index in [1.807, 2.05) is 66.1 Å². The van der Waals surface area contributed by atoms with Gasteiger partial charge in [0.2, 0.25) is 0 Å². The van der Waals surface area contributed by atoms with Crippen molar-refractivity contribution in [2.24, 2.45) is 5.10 Å². The van der Waals surface area contributed by atoms with Gasteiger partial charge in [0.25, 0.3) is 5.91 Å². The second-order valence-corrected chi connectivity index (χ2v) is 8.92. The van der Waals surface area contributed by atoms with Crippen molar-refractivity contribution in [1.29, 1.82) is 0 Å². The number of nitrogens with one attached hydrogen (secondary N) is 1. The summed E-state index contributed by atoms with van der Waals surface area (Å²) < 4.78 is 6.98. The predicted molar refractivity (Wildman–Crippen MR) is 140 cm³/mol. The van der Waals surface area contributed by atoms with Crippen molar-refractivity contribution in [2.75, 3.05) is 5.75 Å². The van der Waals surface area contributed by atoms with E-state index in [2.05, 4.69) is 20.7 Å². The van der Waals surface area contributed by atoms with Crippen LogP contribution in [0, 0.1) is 6.92 Å². The number of aryl methyl sites for hydroxylation is 1. The number of amides is 1. The Morgan fingerprint density at radius 2 is 1.64 bits per heavy atom. The summed E-state index contributed by atoms with van der Waals surface area (Å²) in [4.78, 5) is 23.6. The molecule has 0 aliphatic heterocycles. The normalized spacial score (nSPS) is 11.2. The Hall–Kier alpha value is -4.24. The van der Waals surface area contributed by atoms with Crippen LogP contribution < -0.4 is 10.2 Å². The highest BCUT2D eigenvalue weighted by Gasteiger charge is 2.17. The molecule has 8 nitrogen and oxygen atoms in total. The highest BCUT2D eigenvalue weighted by molar-refractivity contribution is 7.99. The van der Waals surface area contributed by atoms with Gasteiger partial charge in [-0.15, -0.1) is 10.2 Å². The van der Waals surface area contributed by atoms with Crippen LogP contribution >= 0.6 is 11.8 Å². The largest absolute Gasteiger partial charge is 0.427 e. The molecule has 0 unspecified atom stereocenters. The average molecular weight is 500 g/mol. The lowest BCUT2D eigenvalue weighted by Gasteiger charge is -2.10. The second-order valence-electron chi connectivity index (χ2n) is 7.98. The summed E-state index contributed by atoms with van der Waals surface area (Å²) in [6, 6.07) is 24.8. The van der Waals surface area contributed by atoms with Gasteiger partial charge in [-0.25, -0.2) is 5.43 Å². The number of esters is 1. The summed E-state index contributed by atoms with van der Waals surface area (Å²) in [6.45, 7) is 5.17. The van der Waals surface area contributed by atoms with Gasteiger partial charge >= 0.3 is 5.97 Å². The third kappa shape index (κ3) is 6.25. The van der Waals surface area contributed by atoms with Gasteiger partial charge in [0.05, 0.1) is 11.5 Å². The SMILES string of the molecule is CC(=O)Oc1ccc(C(C)=NNC(=O)CSc2nnc(-c3ccccc3)n2-c2ccc(C)cc2)cc1. The Labute approximate surface area is 213 Å². The van der Waals surface area contributed by atoms with Crippen LogP contribution in [0.25, 0.3) is 17.1 Å². The van der Waals surface area contributed by atoms with Gasteiger partial charge in [-0.3, -0.25) is 14.2 Å². The number of hydrogen-bond donors (Lipinski definition) is 1. The summed E-state index contributed by atoms with van der Waals surface area (Å²) in [5.41, 5.74) is 7.00. The number of ether oxygens (including phenoxy) is 1. The summed E-state index contributed by atoms with van der Waals surface area (Å²) in [7, 11) is 0. The molecule has 4 aromatic rings. The summed E-state index contributed by atoms with van der Waals surface area (Å²) >= 11 is 1.28. The van der Waals surface area contributed by atoms with E-state index >= 15 is 0 Å². The van der Waals surface area contributed by atoms with E-state index in [0.717, 1.165) is 22.4 Å². The number of rotatable bonds is 8. The predicted octanol–water partition coefficient (Wildman–Crippen LogP) is 4.80. The Morgan fingerprint density at radius 1 is 0.944 bits per heavy atom. The van der Waals surface area contributed by atoms with Crippen LogP contribution in [-0.2, 0) is 9.59 Å². The van der Waals surface area contributed by atoms with Crippen molar-refractivity contribution >= 4 is 29.4 Å². The lowest BCUT2D eigenvalue weighted by molar-refractivity contribution is -0.131. The number of benzene rings is 3. The molecule has 9 heteroatoms. The third-order valence-electron chi connectivity index (χ3n) is 5.17. The zero-order chi connectivity index (χ0) is 25.5. The first kappa shape index (κ1) is 24.9. The van der Waals surface area contributed by atoms with Crippen LogP contribution in [0.2, 0.25) is 0 Å². The molecule has 0 fully saturated rings. The number of thioether (sulfide) groups is 1. The first-order valence-corrected chi connectivity index (χ1v) is 12.2. The summed E-state index contributed by atoms with van der Waals surface area (Å²) in [5.74, 6) is 0.615. The topological polar surface area (TPSA) is 98.5 Å². The first-order valence-electron chi connectivity index (χ1n) is 11.2. The smallest absolute Gasteiger partial charge is 0.308 e. The van der Waals surface area contributed by atoms with E-state index in [9.17, 15) is 9.59 Å². The molecule has 0 aliphatic carbocycles. The molecule has 1 heterocycles. The molecule has 3 aromatic carbocycles. The first-order chi connectivity index (χ1) is 17.4. The number of carbonyl (C=O) groups excluding carboxylic acids is 2. The van der Waals surface area contributed by atoms with Gasteiger partial charge in [0.15, 0.2) is 11.0 Å². The number of carbonyl (C=O) groups is 2. The van der Waals surface area contributed by atoms with Crippen LogP contribution in [0.3, 0.4) is 0 Å². The number of hydrazone groups is 1. The van der Waals surface area contributed by atoms with Gasteiger partial charge in [-0.2, -0.15) is 5.10 Å². The van der Waals surface area contributed by atoms with Gasteiger partial charge in [-0.1, -0.05) is 59.8 Å². The molecule has 0 spiro atoms. The zero-order valence-corrected chi connectivity index (χ0v) is 21.0. The van der Waals surface area contributed by atoms with E-state index < -0.39 is 0 Å². The van der Waals surface area contributed by atoms with Crippen molar-refractivity contribution < 1.29 is 14.3 Å². The van der Waals surface area contributed by atoms with Crippen LogP contribution in [0.4, 0.5) is 0 Å². The highest BCUT2D eigenvalue weighted by Crippen LogP contribution is 2.28. The molecule has 1 aromatic heterocycles. The number of hydrogen-bond acceptors (Lipinski definition) is 7. The highest BCUT2D eigenvalue weighted by atomic mass is 32.2. The fourth-order valence-electron chi connectivity index (χ4n) is 3.37. The monoisotopic (exact) mass is 499 g/mol. The molecule has 0 radical (unpaired) electrons. The molecule has 1 N–H and O–H groups in total. The molecule has 0 aliphatic rings. The molecule has 182 valence electrons. The molecule has 36 heavy (non-hydrogen) atoms. The quantitative estimate of drug-likeness (QED) is 0.123. The maximum Gasteiger partial charge on any atom is 0.308 e. The van der Waals surface area contributed by atoms with E-state index in [1.54, 1.807) is 31.2 Å². The molecule has 4 rings (SSSR count). The molecular weight excluding hydrogens is 474 g/mol. The van der Waals surface area contributed by atoms with Crippen molar-refractivity contribution in [1.82, 2.24) is 20.2 Å². The molecule has 0 saturated heterocycles. The number of nitrogens with zero attached hydrogens (tertiary/aromatic N) is 4.